The second-order valence-corrected chi connectivity index (χ2v) is 9.74. The van der Waals surface area contributed by atoms with Crippen LogP contribution < -0.4 is 15.8 Å². The third kappa shape index (κ3) is 4.27. The summed E-state index contributed by atoms with van der Waals surface area (Å²) in [5.41, 5.74) is 5.51. The lowest BCUT2D eigenvalue weighted by Gasteiger charge is -2.33. The summed E-state index contributed by atoms with van der Waals surface area (Å²) in [7, 11) is 1.55. The minimum atomic E-state index is -1.08. The summed E-state index contributed by atoms with van der Waals surface area (Å²) in [5, 5.41) is 2.86. The van der Waals surface area contributed by atoms with E-state index in [2.05, 4.69) is 20.3 Å². The lowest BCUT2D eigenvalue weighted by Crippen LogP contribution is -2.43. The molecule has 1 amide bonds. The highest BCUT2D eigenvalue weighted by Crippen LogP contribution is 2.66. The molecule has 2 aromatic rings. The summed E-state index contributed by atoms with van der Waals surface area (Å²) in [6, 6.07) is 4.18. The number of carbonyl (C=O) groups excluding carboxylic acids is 2. The number of amides is 1. The van der Waals surface area contributed by atoms with Crippen molar-refractivity contribution in [2.24, 2.45) is 16.6 Å². The van der Waals surface area contributed by atoms with E-state index in [4.69, 9.17) is 10.5 Å². The molecule has 1 aromatic carbocycles. The van der Waals surface area contributed by atoms with Crippen LogP contribution >= 0.6 is 11.8 Å². The molecule has 0 bridgehead atoms. The standard InChI is InChI=1S/C23H23F2N5O3S/c1-12(31)11-33-19-10-28-17(9-29-19)16(25)7-13-4-5-15(24)14(6-13)22(2)18-8-23(18,20(32)27-3)34-21(26)30-22/h4-7,9-10,18H,8,11H2,1-3H3,(H2,26,30)(H,27,32)/b16-7-/t18-,22+,23-/m0/s1. The summed E-state index contributed by atoms with van der Waals surface area (Å²) in [6.07, 6.45) is 4.10. The minimum Gasteiger partial charge on any atom is -0.469 e. The molecule has 34 heavy (non-hydrogen) atoms. The largest absolute Gasteiger partial charge is 0.469 e. The van der Waals surface area contributed by atoms with Crippen LogP contribution in [0.25, 0.3) is 11.9 Å². The smallest absolute Gasteiger partial charge is 0.236 e. The number of benzene rings is 1. The van der Waals surface area contributed by atoms with Crippen LogP contribution in [0.1, 0.15) is 37.1 Å². The van der Waals surface area contributed by atoms with E-state index < -0.39 is 21.9 Å². The molecule has 11 heteroatoms. The zero-order valence-corrected chi connectivity index (χ0v) is 19.6. The van der Waals surface area contributed by atoms with Gasteiger partial charge in [-0.2, -0.15) is 0 Å². The number of ether oxygens (including phenoxy) is 1. The highest BCUT2D eigenvalue weighted by molar-refractivity contribution is 8.15. The highest BCUT2D eigenvalue weighted by atomic mass is 32.2. The normalized spacial score (nSPS) is 25.7. The number of hydrogen-bond acceptors (Lipinski definition) is 8. The van der Waals surface area contributed by atoms with E-state index in [-0.39, 0.29) is 46.5 Å². The van der Waals surface area contributed by atoms with Crippen LogP contribution in [0, 0.1) is 11.7 Å². The number of thioether (sulfide) groups is 1. The SMILES string of the molecule is CNC(=O)[C@]12C[C@H]1[C@@](C)(c1cc(/C=C(\F)c3cnc(OCC(C)=O)cn3)ccc1F)N=C(N)S2. The van der Waals surface area contributed by atoms with Crippen molar-refractivity contribution in [3.8, 4) is 5.88 Å². The van der Waals surface area contributed by atoms with E-state index in [0.717, 1.165) is 0 Å². The van der Waals surface area contributed by atoms with Crippen LogP contribution in [0.15, 0.2) is 35.6 Å². The maximum absolute atomic E-state index is 15.0. The first-order chi connectivity index (χ1) is 16.1. The fourth-order valence-electron chi connectivity index (χ4n) is 4.21. The maximum atomic E-state index is 15.0. The lowest BCUT2D eigenvalue weighted by molar-refractivity contribution is -0.121. The number of halogens is 2. The fraction of sp³-hybridized carbons (Fsp3) is 0.348. The van der Waals surface area contributed by atoms with Gasteiger partial charge in [-0.1, -0.05) is 17.8 Å². The summed E-state index contributed by atoms with van der Waals surface area (Å²) >= 11 is 1.19. The molecule has 1 fully saturated rings. The number of carbonyl (C=O) groups is 2. The molecule has 1 aromatic heterocycles. The van der Waals surface area contributed by atoms with Gasteiger partial charge >= 0.3 is 0 Å². The lowest BCUT2D eigenvalue weighted by atomic mass is 9.84. The van der Waals surface area contributed by atoms with Gasteiger partial charge in [-0.15, -0.1) is 0 Å². The topological polar surface area (TPSA) is 120 Å². The van der Waals surface area contributed by atoms with Gasteiger partial charge in [-0.05, 0) is 44.0 Å². The van der Waals surface area contributed by atoms with Crippen LogP contribution in [0.2, 0.25) is 0 Å². The number of nitrogens with two attached hydrogens (primary N) is 1. The van der Waals surface area contributed by atoms with Gasteiger partial charge in [-0.25, -0.2) is 18.7 Å². The van der Waals surface area contributed by atoms with Gasteiger partial charge in [0.05, 0.1) is 17.9 Å². The van der Waals surface area contributed by atoms with Gasteiger partial charge in [0, 0.05) is 18.5 Å². The van der Waals surface area contributed by atoms with E-state index in [0.29, 0.717) is 12.0 Å². The zero-order valence-electron chi connectivity index (χ0n) is 18.8. The molecule has 8 nitrogen and oxygen atoms in total. The van der Waals surface area contributed by atoms with E-state index in [9.17, 15) is 18.4 Å². The molecule has 3 N–H and O–H groups in total. The number of aromatic nitrogens is 2. The number of fused-ring (bicyclic) bond motifs is 1. The van der Waals surface area contributed by atoms with Gasteiger partial charge in [-0.3, -0.25) is 14.6 Å². The average Bonchev–Trinajstić information content (AvgIpc) is 3.55. The molecule has 0 radical (unpaired) electrons. The number of Topliss-reactive ketones (excluding diaryl/α,β-unsaturated/α-hetero) is 1. The maximum Gasteiger partial charge on any atom is 0.236 e. The van der Waals surface area contributed by atoms with Crippen LogP contribution in [0.5, 0.6) is 5.88 Å². The molecule has 0 unspecified atom stereocenters. The van der Waals surface area contributed by atoms with Gasteiger partial charge in [0.1, 0.15) is 22.9 Å². The number of aliphatic imine (C=N–C) groups is 1. The summed E-state index contributed by atoms with van der Waals surface area (Å²) in [4.78, 5) is 35.9. The van der Waals surface area contributed by atoms with Crippen molar-refractivity contribution in [2.45, 2.75) is 30.6 Å². The molecule has 1 aliphatic carbocycles. The van der Waals surface area contributed by atoms with Gasteiger partial charge < -0.3 is 15.8 Å². The van der Waals surface area contributed by atoms with Crippen molar-refractivity contribution in [1.82, 2.24) is 15.3 Å². The molecule has 1 saturated carbocycles. The molecule has 0 spiro atoms. The predicted molar refractivity (Wildman–Crippen MR) is 125 cm³/mol. The van der Waals surface area contributed by atoms with E-state index in [1.807, 2.05) is 0 Å². The fourth-order valence-corrected chi connectivity index (χ4v) is 5.64. The Labute approximate surface area is 199 Å². The number of amidine groups is 1. The van der Waals surface area contributed by atoms with Crippen molar-refractivity contribution >= 4 is 40.5 Å². The summed E-state index contributed by atoms with van der Waals surface area (Å²) < 4.78 is 34.2. The summed E-state index contributed by atoms with van der Waals surface area (Å²) in [5.74, 6) is -1.74. The Morgan fingerprint density at radius 1 is 1.35 bits per heavy atom. The number of rotatable bonds is 7. The van der Waals surface area contributed by atoms with Gasteiger partial charge in [0.25, 0.3) is 0 Å². The average molecular weight is 488 g/mol. The molecule has 178 valence electrons. The Morgan fingerprint density at radius 3 is 2.76 bits per heavy atom. The van der Waals surface area contributed by atoms with E-state index in [1.165, 1.54) is 55.4 Å². The highest BCUT2D eigenvalue weighted by Gasteiger charge is 2.70. The van der Waals surface area contributed by atoms with Crippen molar-refractivity contribution < 1.29 is 23.1 Å². The van der Waals surface area contributed by atoms with Crippen LogP contribution in [-0.2, 0) is 15.1 Å². The monoisotopic (exact) mass is 487 g/mol. The second kappa shape index (κ2) is 8.79. The Hall–Kier alpha value is -3.34. The first-order valence-corrected chi connectivity index (χ1v) is 11.3. The van der Waals surface area contributed by atoms with Crippen molar-refractivity contribution in [2.75, 3.05) is 13.7 Å². The molecule has 3 atom stereocenters. The van der Waals surface area contributed by atoms with Crippen LogP contribution in [-0.4, -0.2) is 45.2 Å². The zero-order chi connectivity index (χ0) is 24.7. The molecule has 4 rings (SSSR count). The van der Waals surface area contributed by atoms with E-state index >= 15 is 0 Å². The Balaban J connectivity index is 1.63. The van der Waals surface area contributed by atoms with E-state index in [1.54, 1.807) is 14.0 Å². The molecular weight excluding hydrogens is 464 g/mol. The molecule has 1 aliphatic heterocycles. The number of hydrogen-bond donors (Lipinski definition) is 2. The Bertz CT molecular complexity index is 1220. The third-order valence-electron chi connectivity index (χ3n) is 5.95. The van der Waals surface area contributed by atoms with Crippen LogP contribution in [0.3, 0.4) is 0 Å². The molecular formula is C23H23F2N5O3S. The second-order valence-electron chi connectivity index (χ2n) is 8.39. The summed E-state index contributed by atoms with van der Waals surface area (Å²) in [6.45, 7) is 2.95. The van der Waals surface area contributed by atoms with Gasteiger partial charge in [0.2, 0.25) is 11.8 Å². The first-order valence-electron chi connectivity index (χ1n) is 10.5. The number of nitrogens with one attached hydrogen (secondary N) is 1. The number of ketones is 1. The minimum absolute atomic E-state index is 0.0515. The predicted octanol–water partition coefficient (Wildman–Crippen LogP) is 2.83. The van der Waals surface area contributed by atoms with Crippen LogP contribution in [0.4, 0.5) is 8.78 Å². The number of nitrogens with zero attached hydrogens (tertiary/aromatic N) is 3. The third-order valence-corrected chi connectivity index (χ3v) is 7.26. The molecule has 0 saturated heterocycles. The quantitative estimate of drug-likeness (QED) is 0.616. The molecule has 2 aliphatic rings. The Kier molecular flexibility index (Phi) is 6.15. The van der Waals surface area contributed by atoms with Crippen molar-refractivity contribution in [3.63, 3.8) is 0 Å². The van der Waals surface area contributed by atoms with Crippen molar-refractivity contribution in [1.29, 1.82) is 0 Å². The van der Waals surface area contributed by atoms with Crippen molar-refractivity contribution in [3.05, 3.63) is 53.2 Å². The molecule has 2 heterocycles. The Morgan fingerprint density at radius 2 is 2.12 bits per heavy atom. The first kappa shape index (κ1) is 23.8. The van der Waals surface area contributed by atoms with Gasteiger partial charge in [0.15, 0.2) is 16.8 Å².